The highest BCUT2D eigenvalue weighted by Gasteiger charge is 2.17. The van der Waals surface area contributed by atoms with E-state index in [0.29, 0.717) is 0 Å². The van der Waals surface area contributed by atoms with Gasteiger partial charge in [0, 0.05) is 61.8 Å². The topological polar surface area (TPSA) is 14.8 Å². The fourth-order valence-corrected chi connectivity index (χ4v) is 8.59. The summed E-state index contributed by atoms with van der Waals surface area (Å²) in [6, 6.07) is 66.6. The molecule has 0 N–H and O–H groups in total. The predicted octanol–water partition coefficient (Wildman–Crippen LogP) is 12.9. The second kappa shape index (κ2) is 11.1. The summed E-state index contributed by atoms with van der Waals surface area (Å²) in [5.74, 6) is 0. The molecule has 3 aromatic heterocycles. The summed E-state index contributed by atoms with van der Waals surface area (Å²) in [4.78, 5) is 0. The van der Waals surface area contributed by atoms with Crippen LogP contribution in [0.1, 0.15) is 0 Å². The number of nitrogens with zero attached hydrogens (tertiary/aromatic N) is 3. The summed E-state index contributed by atoms with van der Waals surface area (Å²) in [6.45, 7) is 0. The highest BCUT2D eigenvalue weighted by atomic mass is 15.0. The molecule has 3 nitrogen and oxygen atoms in total. The molecule has 3 heteroatoms. The molecular formula is C49H33N3. The quantitative estimate of drug-likeness (QED) is 0.178. The molecule has 0 unspecified atom stereocenters. The Hall–Kier alpha value is -6.84. The van der Waals surface area contributed by atoms with Gasteiger partial charge in [-0.25, -0.2) is 0 Å². The van der Waals surface area contributed by atoms with Gasteiger partial charge < -0.3 is 13.7 Å². The first-order valence-corrected chi connectivity index (χ1v) is 17.9. The first-order chi connectivity index (χ1) is 25.7. The summed E-state index contributed by atoms with van der Waals surface area (Å²) in [6.07, 6.45) is 0. The fourth-order valence-electron chi connectivity index (χ4n) is 8.59. The Balaban J connectivity index is 1.06. The summed E-state index contributed by atoms with van der Waals surface area (Å²) < 4.78 is 7.08. The Bertz CT molecular complexity index is 2960. The lowest BCUT2D eigenvalue weighted by molar-refractivity contribution is 1.01. The van der Waals surface area contributed by atoms with Crippen molar-refractivity contribution in [2.75, 3.05) is 0 Å². The van der Waals surface area contributed by atoms with Gasteiger partial charge in [0.05, 0.1) is 22.1 Å². The highest BCUT2D eigenvalue weighted by molar-refractivity contribution is 6.14. The van der Waals surface area contributed by atoms with Crippen molar-refractivity contribution in [2.45, 2.75) is 0 Å². The van der Waals surface area contributed by atoms with E-state index in [2.05, 4.69) is 203 Å². The zero-order valence-corrected chi connectivity index (χ0v) is 28.7. The van der Waals surface area contributed by atoms with Crippen LogP contribution in [0.2, 0.25) is 0 Å². The Morgan fingerprint density at radius 3 is 0.981 bits per heavy atom. The van der Waals surface area contributed by atoms with E-state index < -0.39 is 0 Å². The number of fused-ring (bicyclic) bond motifs is 9. The molecule has 0 fully saturated rings. The van der Waals surface area contributed by atoms with Crippen molar-refractivity contribution in [3.05, 3.63) is 182 Å². The van der Waals surface area contributed by atoms with E-state index in [4.69, 9.17) is 0 Å². The van der Waals surface area contributed by atoms with Crippen molar-refractivity contribution in [3.8, 4) is 33.6 Å². The normalized spacial score (nSPS) is 11.9. The molecule has 244 valence electrons. The third-order valence-electron chi connectivity index (χ3n) is 11.0. The predicted molar refractivity (Wildman–Crippen MR) is 220 cm³/mol. The molecule has 0 atom stereocenters. The molecule has 0 spiro atoms. The maximum absolute atomic E-state index is 2.38. The van der Waals surface area contributed by atoms with Crippen molar-refractivity contribution < 1.29 is 0 Å². The van der Waals surface area contributed by atoms with Gasteiger partial charge in [-0.2, -0.15) is 0 Å². The number of benzene rings is 8. The van der Waals surface area contributed by atoms with Crippen molar-refractivity contribution in [1.29, 1.82) is 0 Å². The molecule has 0 aliphatic carbocycles. The monoisotopic (exact) mass is 663 g/mol. The van der Waals surface area contributed by atoms with Crippen LogP contribution in [0.4, 0.5) is 0 Å². The standard InChI is InChI=1S/C49H33N3/c1-50-44-24-20-32(34-22-26-48-40(28-34)38-16-8-10-18-46(38)51(48)36-12-4-2-5-13-36)30-42(44)43-31-33(21-25-45(43)50)35-23-27-49-41(29-35)39-17-9-11-19-47(39)52(49)37-14-6-3-7-15-37/h2-31H,1H3. The minimum Gasteiger partial charge on any atom is -0.344 e. The van der Waals surface area contributed by atoms with Crippen LogP contribution in [-0.4, -0.2) is 13.7 Å². The zero-order valence-electron chi connectivity index (χ0n) is 28.7. The van der Waals surface area contributed by atoms with E-state index in [1.165, 1.54) is 99.0 Å². The minimum atomic E-state index is 1.18. The summed E-state index contributed by atoms with van der Waals surface area (Å²) >= 11 is 0. The van der Waals surface area contributed by atoms with Gasteiger partial charge in [-0.1, -0.05) is 97.1 Å². The number of hydrogen-bond acceptors (Lipinski definition) is 0. The van der Waals surface area contributed by atoms with Crippen LogP contribution in [0.5, 0.6) is 0 Å². The molecule has 8 aromatic carbocycles. The number of aromatic nitrogens is 3. The van der Waals surface area contributed by atoms with Gasteiger partial charge in [0.25, 0.3) is 0 Å². The number of para-hydroxylation sites is 4. The molecule has 0 bridgehead atoms. The number of aryl methyl sites for hydroxylation is 1. The van der Waals surface area contributed by atoms with Crippen LogP contribution < -0.4 is 0 Å². The minimum absolute atomic E-state index is 1.18. The first-order valence-electron chi connectivity index (χ1n) is 17.9. The van der Waals surface area contributed by atoms with Crippen molar-refractivity contribution in [2.24, 2.45) is 7.05 Å². The fraction of sp³-hybridized carbons (Fsp3) is 0.0204. The van der Waals surface area contributed by atoms with Crippen LogP contribution in [0, 0.1) is 0 Å². The van der Waals surface area contributed by atoms with E-state index in [-0.39, 0.29) is 0 Å². The lowest BCUT2D eigenvalue weighted by Gasteiger charge is -2.08. The molecule has 0 saturated heterocycles. The summed E-state index contributed by atoms with van der Waals surface area (Å²) in [5.41, 5.74) is 14.6. The van der Waals surface area contributed by atoms with E-state index in [1.807, 2.05) is 0 Å². The lowest BCUT2D eigenvalue weighted by Crippen LogP contribution is -1.92. The second-order valence-electron chi connectivity index (χ2n) is 13.9. The van der Waals surface area contributed by atoms with Gasteiger partial charge in [0.15, 0.2) is 0 Å². The molecule has 0 saturated carbocycles. The third kappa shape index (κ3) is 4.20. The molecule has 3 heterocycles. The van der Waals surface area contributed by atoms with Crippen LogP contribution in [-0.2, 0) is 7.05 Å². The molecule has 0 radical (unpaired) electrons. The molecule has 52 heavy (non-hydrogen) atoms. The van der Waals surface area contributed by atoms with Crippen molar-refractivity contribution in [3.63, 3.8) is 0 Å². The molecule has 11 rings (SSSR count). The largest absolute Gasteiger partial charge is 0.344 e. The highest BCUT2D eigenvalue weighted by Crippen LogP contribution is 2.39. The van der Waals surface area contributed by atoms with Gasteiger partial charge in [0.1, 0.15) is 0 Å². The first kappa shape index (κ1) is 28.9. The van der Waals surface area contributed by atoms with Crippen molar-refractivity contribution >= 4 is 65.4 Å². The summed E-state index contributed by atoms with van der Waals surface area (Å²) in [7, 11) is 2.18. The molecule has 0 aliphatic heterocycles. The average molecular weight is 664 g/mol. The maximum Gasteiger partial charge on any atom is 0.0541 e. The lowest BCUT2D eigenvalue weighted by atomic mass is 9.98. The SMILES string of the molecule is Cn1c2ccc(-c3ccc4c(c3)c3ccccc3n4-c3ccccc3)cc2c2cc(-c3ccc4c(c3)c3ccccc3n4-c3ccccc3)ccc21. The number of rotatable bonds is 4. The van der Waals surface area contributed by atoms with Crippen LogP contribution in [0.15, 0.2) is 182 Å². The Labute approximate surface area is 300 Å². The molecule has 0 aliphatic rings. The van der Waals surface area contributed by atoms with Crippen molar-refractivity contribution in [1.82, 2.24) is 13.7 Å². The second-order valence-corrected chi connectivity index (χ2v) is 13.9. The van der Waals surface area contributed by atoms with E-state index in [9.17, 15) is 0 Å². The van der Waals surface area contributed by atoms with Crippen LogP contribution >= 0.6 is 0 Å². The molecule has 11 aromatic rings. The van der Waals surface area contributed by atoms with Gasteiger partial charge in [-0.15, -0.1) is 0 Å². The molecular weight excluding hydrogens is 631 g/mol. The van der Waals surface area contributed by atoms with Gasteiger partial charge in [-0.3, -0.25) is 0 Å². The number of hydrogen-bond donors (Lipinski definition) is 0. The van der Waals surface area contributed by atoms with E-state index in [1.54, 1.807) is 0 Å². The van der Waals surface area contributed by atoms with Crippen LogP contribution in [0.3, 0.4) is 0 Å². The Morgan fingerprint density at radius 1 is 0.269 bits per heavy atom. The third-order valence-corrected chi connectivity index (χ3v) is 11.0. The summed E-state index contributed by atoms with van der Waals surface area (Å²) in [5, 5.41) is 7.60. The molecule has 0 amide bonds. The average Bonchev–Trinajstić information content (AvgIpc) is 3.83. The smallest absolute Gasteiger partial charge is 0.0541 e. The van der Waals surface area contributed by atoms with E-state index >= 15 is 0 Å². The van der Waals surface area contributed by atoms with Crippen LogP contribution in [0.25, 0.3) is 99.0 Å². The Kier molecular flexibility index (Phi) is 6.17. The van der Waals surface area contributed by atoms with Gasteiger partial charge in [0.2, 0.25) is 0 Å². The van der Waals surface area contributed by atoms with Gasteiger partial charge in [-0.05, 0) is 107 Å². The zero-order chi connectivity index (χ0) is 34.3. The maximum atomic E-state index is 2.38. The van der Waals surface area contributed by atoms with E-state index in [0.717, 1.165) is 0 Å². The Morgan fingerprint density at radius 2 is 0.577 bits per heavy atom. The van der Waals surface area contributed by atoms with Gasteiger partial charge >= 0.3 is 0 Å².